The number of rotatable bonds is 11. The van der Waals surface area contributed by atoms with Gasteiger partial charge in [-0.2, -0.15) is 0 Å². The Bertz CT molecular complexity index is 473. The molecule has 4 heteroatoms. The van der Waals surface area contributed by atoms with Crippen LogP contribution in [0, 0.1) is 11.7 Å². The summed E-state index contributed by atoms with van der Waals surface area (Å²) in [6, 6.07) is 4.95. The smallest absolute Gasteiger partial charge is 0.165 e. The van der Waals surface area contributed by atoms with Crippen LogP contribution in [-0.2, 0) is 11.3 Å². The van der Waals surface area contributed by atoms with Gasteiger partial charge in [-0.3, -0.25) is 0 Å². The number of halogens is 1. The van der Waals surface area contributed by atoms with Crippen molar-refractivity contribution < 1.29 is 13.9 Å². The molecular weight excluding hydrogens is 317 g/mol. The molecule has 1 aliphatic heterocycles. The van der Waals surface area contributed by atoms with Crippen LogP contribution in [0.2, 0.25) is 0 Å². The summed E-state index contributed by atoms with van der Waals surface area (Å²) in [5.74, 6) is 0.892. The largest absolute Gasteiger partial charge is 0.491 e. The topological polar surface area (TPSA) is 30.5 Å². The number of hydrogen-bond acceptors (Lipinski definition) is 3. The van der Waals surface area contributed by atoms with Crippen molar-refractivity contribution >= 4 is 0 Å². The van der Waals surface area contributed by atoms with E-state index in [1.165, 1.54) is 64.1 Å². The zero-order valence-electron chi connectivity index (χ0n) is 15.7. The van der Waals surface area contributed by atoms with Gasteiger partial charge in [0.2, 0.25) is 0 Å². The minimum Gasteiger partial charge on any atom is -0.491 e. The fourth-order valence-corrected chi connectivity index (χ4v) is 3.42. The van der Waals surface area contributed by atoms with Gasteiger partial charge in [0, 0.05) is 6.61 Å². The maximum Gasteiger partial charge on any atom is 0.165 e. The first kappa shape index (κ1) is 20.2. The molecular formula is C21H34FNO2. The van der Waals surface area contributed by atoms with E-state index in [-0.39, 0.29) is 5.82 Å². The zero-order valence-corrected chi connectivity index (χ0v) is 15.7. The van der Waals surface area contributed by atoms with Gasteiger partial charge in [-0.05, 0) is 69.3 Å². The first-order valence-electron chi connectivity index (χ1n) is 9.99. The van der Waals surface area contributed by atoms with Crippen LogP contribution in [0.15, 0.2) is 18.2 Å². The maximum absolute atomic E-state index is 13.5. The number of hydrogen-bond donors (Lipinski definition) is 1. The van der Waals surface area contributed by atoms with Crippen molar-refractivity contribution in [3.63, 3.8) is 0 Å². The Hall–Kier alpha value is -1.13. The monoisotopic (exact) mass is 351 g/mol. The first-order chi connectivity index (χ1) is 12.3. The molecule has 1 saturated heterocycles. The summed E-state index contributed by atoms with van der Waals surface area (Å²) in [6.07, 6.45) is 10.5. The minimum absolute atomic E-state index is 0.311. The molecule has 0 radical (unpaired) electrons. The van der Waals surface area contributed by atoms with Gasteiger partial charge in [0.05, 0.1) is 13.2 Å². The molecule has 3 nitrogen and oxygen atoms in total. The second kappa shape index (κ2) is 12.3. The van der Waals surface area contributed by atoms with Crippen LogP contribution in [-0.4, -0.2) is 26.3 Å². The second-order valence-corrected chi connectivity index (χ2v) is 7.02. The lowest BCUT2D eigenvalue weighted by atomic mass is 9.96. The van der Waals surface area contributed by atoms with Gasteiger partial charge in [0.1, 0.15) is 0 Å². The number of ether oxygens (including phenoxy) is 2. The summed E-state index contributed by atoms with van der Waals surface area (Å²) < 4.78 is 24.5. The molecule has 1 N–H and O–H groups in total. The summed E-state index contributed by atoms with van der Waals surface area (Å²) in [4.78, 5) is 0. The highest BCUT2D eigenvalue weighted by Crippen LogP contribution is 2.20. The Labute approximate surface area is 152 Å². The van der Waals surface area contributed by atoms with E-state index in [0.29, 0.717) is 19.0 Å². The van der Waals surface area contributed by atoms with Crippen molar-refractivity contribution in [2.24, 2.45) is 5.92 Å². The molecule has 25 heavy (non-hydrogen) atoms. The van der Waals surface area contributed by atoms with Gasteiger partial charge in [-0.15, -0.1) is 0 Å². The predicted molar refractivity (Wildman–Crippen MR) is 101 cm³/mol. The molecule has 1 fully saturated rings. The Morgan fingerprint density at radius 1 is 1.16 bits per heavy atom. The van der Waals surface area contributed by atoms with Gasteiger partial charge < -0.3 is 14.8 Å². The first-order valence-corrected chi connectivity index (χ1v) is 9.99. The maximum atomic E-state index is 13.5. The molecule has 142 valence electrons. The summed E-state index contributed by atoms with van der Waals surface area (Å²) in [5, 5.41) is 3.54. The van der Waals surface area contributed by atoms with Crippen LogP contribution >= 0.6 is 0 Å². The molecule has 1 aromatic carbocycles. The molecule has 0 aliphatic carbocycles. The molecule has 1 heterocycles. The Morgan fingerprint density at radius 2 is 2.04 bits per heavy atom. The third kappa shape index (κ3) is 8.19. The standard InChI is InChI=1S/C21H34FNO2/c1-2-25-21-15-19(11-12-20(21)22)17-24-14-8-4-3-5-9-18-10-6-7-13-23-16-18/h11-12,15,18,23H,2-10,13-14,16-17H2,1H3. The Morgan fingerprint density at radius 3 is 2.92 bits per heavy atom. The van der Waals surface area contributed by atoms with Crippen LogP contribution in [0.3, 0.4) is 0 Å². The normalized spacial score (nSPS) is 18.1. The fourth-order valence-electron chi connectivity index (χ4n) is 3.42. The van der Waals surface area contributed by atoms with Crippen molar-refractivity contribution in [2.45, 2.75) is 64.9 Å². The Balaban J connectivity index is 1.50. The van der Waals surface area contributed by atoms with Crippen LogP contribution in [0.1, 0.15) is 63.9 Å². The average Bonchev–Trinajstić information content (AvgIpc) is 2.89. The van der Waals surface area contributed by atoms with E-state index < -0.39 is 0 Å². The number of benzene rings is 1. The van der Waals surface area contributed by atoms with Crippen molar-refractivity contribution in [2.75, 3.05) is 26.3 Å². The molecule has 1 aliphatic rings. The number of unbranched alkanes of at least 4 members (excludes halogenated alkanes) is 3. The van der Waals surface area contributed by atoms with Crippen molar-refractivity contribution in [1.82, 2.24) is 5.32 Å². The Kier molecular flexibility index (Phi) is 9.90. The third-order valence-electron chi connectivity index (χ3n) is 4.86. The zero-order chi connectivity index (χ0) is 17.7. The number of nitrogens with one attached hydrogen (secondary N) is 1. The van der Waals surface area contributed by atoms with Crippen molar-refractivity contribution in [1.29, 1.82) is 0 Å². The van der Waals surface area contributed by atoms with Crippen LogP contribution in [0.25, 0.3) is 0 Å². The molecule has 0 spiro atoms. The van der Waals surface area contributed by atoms with Gasteiger partial charge >= 0.3 is 0 Å². The third-order valence-corrected chi connectivity index (χ3v) is 4.86. The molecule has 0 bridgehead atoms. The average molecular weight is 352 g/mol. The minimum atomic E-state index is -0.311. The van der Waals surface area contributed by atoms with E-state index in [4.69, 9.17) is 9.47 Å². The van der Waals surface area contributed by atoms with E-state index >= 15 is 0 Å². The summed E-state index contributed by atoms with van der Waals surface area (Å²) in [7, 11) is 0. The fraction of sp³-hybridized carbons (Fsp3) is 0.714. The highest BCUT2D eigenvalue weighted by molar-refractivity contribution is 5.29. The van der Waals surface area contributed by atoms with Crippen LogP contribution in [0.4, 0.5) is 4.39 Å². The van der Waals surface area contributed by atoms with Gasteiger partial charge in [0.25, 0.3) is 0 Å². The van der Waals surface area contributed by atoms with Crippen molar-refractivity contribution in [3.8, 4) is 5.75 Å². The second-order valence-electron chi connectivity index (χ2n) is 7.02. The van der Waals surface area contributed by atoms with E-state index in [2.05, 4.69) is 5.32 Å². The summed E-state index contributed by atoms with van der Waals surface area (Å²) in [6.45, 7) is 6.03. The van der Waals surface area contributed by atoms with E-state index in [9.17, 15) is 4.39 Å². The lowest BCUT2D eigenvalue weighted by Crippen LogP contribution is -2.20. The molecule has 0 amide bonds. The predicted octanol–water partition coefficient (Wildman–Crippen LogP) is 5.08. The molecule has 1 atom stereocenters. The highest BCUT2D eigenvalue weighted by atomic mass is 19.1. The SMILES string of the molecule is CCOc1cc(COCCCCCCC2CCCCNC2)ccc1F. The lowest BCUT2D eigenvalue weighted by Gasteiger charge is -2.13. The van der Waals surface area contributed by atoms with E-state index in [1.807, 2.05) is 6.92 Å². The van der Waals surface area contributed by atoms with E-state index in [0.717, 1.165) is 24.5 Å². The molecule has 2 rings (SSSR count). The molecule has 0 aromatic heterocycles. The highest BCUT2D eigenvalue weighted by Gasteiger charge is 2.10. The van der Waals surface area contributed by atoms with Crippen molar-refractivity contribution in [3.05, 3.63) is 29.6 Å². The molecule has 0 saturated carbocycles. The summed E-state index contributed by atoms with van der Waals surface area (Å²) in [5.41, 5.74) is 0.964. The lowest BCUT2D eigenvalue weighted by molar-refractivity contribution is 0.116. The van der Waals surface area contributed by atoms with E-state index in [1.54, 1.807) is 12.1 Å². The quantitative estimate of drug-likeness (QED) is 0.564. The molecule has 1 unspecified atom stereocenters. The summed E-state index contributed by atoms with van der Waals surface area (Å²) >= 11 is 0. The van der Waals surface area contributed by atoms with Crippen LogP contribution < -0.4 is 10.1 Å². The van der Waals surface area contributed by atoms with Gasteiger partial charge in [-0.1, -0.05) is 31.7 Å². The molecule has 1 aromatic rings. The van der Waals surface area contributed by atoms with Crippen LogP contribution in [0.5, 0.6) is 5.75 Å². The van der Waals surface area contributed by atoms with Gasteiger partial charge in [-0.25, -0.2) is 4.39 Å². The van der Waals surface area contributed by atoms with Gasteiger partial charge in [0.15, 0.2) is 11.6 Å².